The van der Waals surface area contributed by atoms with Crippen LogP contribution in [0.25, 0.3) is 0 Å². The Morgan fingerprint density at radius 3 is 2.25 bits per heavy atom. The summed E-state index contributed by atoms with van der Waals surface area (Å²) in [6.45, 7) is 4.45. The summed E-state index contributed by atoms with van der Waals surface area (Å²) < 4.78 is 0. The zero-order chi connectivity index (χ0) is 14.4. The van der Waals surface area contributed by atoms with Gasteiger partial charge in [0, 0.05) is 17.1 Å². The molecule has 0 saturated heterocycles. The lowest BCUT2D eigenvalue weighted by Gasteiger charge is -2.23. The fourth-order valence-electron chi connectivity index (χ4n) is 2.51. The highest BCUT2D eigenvalue weighted by atomic mass is 35.5. The fraction of sp³-hybridized carbons (Fsp3) is 0.333. The summed E-state index contributed by atoms with van der Waals surface area (Å²) in [6, 6.07) is 19.6. The van der Waals surface area contributed by atoms with Crippen molar-refractivity contribution in [2.24, 2.45) is 0 Å². The van der Waals surface area contributed by atoms with Gasteiger partial charge in [-0.15, -0.1) is 0 Å². The third kappa shape index (κ3) is 4.36. The van der Waals surface area contributed by atoms with Gasteiger partial charge in [-0.05, 0) is 43.0 Å². The Morgan fingerprint density at radius 2 is 1.65 bits per heavy atom. The zero-order valence-corrected chi connectivity index (χ0v) is 12.9. The Morgan fingerprint density at radius 1 is 1.00 bits per heavy atom. The molecule has 0 aliphatic rings. The molecule has 106 valence electrons. The first-order chi connectivity index (χ1) is 9.69. The van der Waals surface area contributed by atoms with Crippen LogP contribution in [0.2, 0.25) is 5.02 Å². The number of benzene rings is 2. The van der Waals surface area contributed by atoms with Crippen LogP contribution in [-0.2, 0) is 6.42 Å². The molecular formula is C18H22ClN. The maximum absolute atomic E-state index is 5.95. The summed E-state index contributed by atoms with van der Waals surface area (Å²) in [6.07, 6.45) is 2.12. The summed E-state index contributed by atoms with van der Waals surface area (Å²) in [5.74, 6) is 0. The van der Waals surface area contributed by atoms with Crippen molar-refractivity contribution in [2.45, 2.75) is 38.8 Å². The van der Waals surface area contributed by atoms with Gasteiger partial charge in [0.2, 0.25) is 0 Å². The van der Waals surface area contributed by atoms with Gasteiger partial charge in [-0.3, -0.25) is 0 Å². The van der Waals surface area contributed by atoms with Crippen LogP contribution in [0, 0.1) is 0 Å². The van der Waals surface area contributed by atoms with E-state index in [1.54, 1.807) is 0 Å². The Balaban J connectivity index is 1.97. The maximum Gasteiger partial charge on any atom is 0.0406 e. The predicted molar refractivity (Wildman–Crippen MR) is 87.2 cm³/mol. The van der Waals surface area contributed by atoms with Crippen molar-refractivity contribution in [2.75, 3.05) is 0 Å². The third-order valence-electron chi connectivity index (χ3n) is 3.55. The SMILES string of the molecule is CCC(NC(C)Cc1ccccc1)c1ccc(Cl)cc1. The van der Waals surface area contributed by atoms with Crippen molar-refractivity contribution < 1.29 is 0 Å². The van der Waals surface area contributed by atoms with Crippen LogP contribution in [-0.4, -0.2) is 6.04 Å². The Hall–Kier alpha value is -1.31. The molecule has 1 nitrogen and oxygen atoms in total. The van der Waals surface area contributed by atoms with Gasteiger partial charge in [-0.25, -0.2) is 0 Å². The van der Waals surface area contributed by atoms with Gasteiger partial charge in [0.25, 0.3) is 0 Å². The first-order valence-electron chi connectivity index (χ1n) is 7.24. The number of nitrogens with one attached hydrogen (secondary N) is 1. The van der Waals surface area contributed by atoms with E-state index in [-0.39, 0.29) is 0 Å². The highest BCUT2D eigenvalue weighted by molar-refractivity contribution is 6.30. The third-order valence-corrected chi connectivity index (χ3v) is 3.80. The highest BCUT2D eigenvalue weighted by Crippen LogP contribution is 2.20. The van der Waals surface area contributed by atoms with Crippen LogP contribution in [0.4, 0.5) is 0 Å². The monoisotopic (exact) mass is 287 g/mol. The predicted octanol–water partition coefficient (Wildman–Crippen LogP) is 5.01. The molecule has 0 aliphatic heterocycles. The van der Waals surface area contributed by atoms with Crippen molar-refractivity contribution in [3.05, 3.63) is 70.7 Å². The summed E-state index contributed by atoms with van der Waals surface area (Å²) in [5.41, 5.74) is 2.68. The molecule has 20 heavy (non-hydrogen) atoms. The van der Waals surface area contributed by atoms with Crippen molar-refractivity contribution >= 4 is 11.6 Å². The van der Waals surface area contributed by atoms with Crippen LogP contribution in [0.5, 0.6) is 0 Å². The second-order valence-electron chi connectivity index (χ2n) is 5.27. The van der Waals surface area contributed by atoms with Gasteiger partial charge in [-0.2, -0.15) is 0 Å². The lowest BCUT2D eigenvalue weighted by Crippen LogP contribution is -2.31. The van der Waals surface area contributed by atoms with Gasteiger partial charge in [0.1, 0.15) is 0 Å². The van der Waals surface area contributed by atoms with E-state index in [9.17, 15) is 0 Å². The highest BCUT2D eigenvalue weighted by Gasteiger charge is 2.12. The molecule has 2 unspecified atom stereocenters. The van der Waals surface area contributed by atoms with Gasteiger partial charge < -0.3 is 5.32 Å². The second kappa shape index (κ2) is 7.47. The average Bonchev–Trinajstić information content (AvgIpc) is 2.47. The van der Waals surface area contributed by atoms with E-state index >= 15 is 0 Å². The van der Waals surface area contributed by atoms with Crippen LogP contribution >= 0.6 is 11.6 Å². The van der Waals surface area contributed by atoms with E-state index in [2.05, 4.69) is 61.6 Å². The lowest BCUT2D eigenvalue weighted by molar-refractivity contribution is 0.443. The van der Waals surface area contributed by atoms with E-state index in [0.717, 1.165) is 17.9 Å². The quantitative estimate of drug-likeness (QED) is 0.787. The molecule has 0 spiro atoms. The number of rotatable bonds is 6. The van der Waals surface area contributed by atoms with E-state index in [4.69, 9.17) is 11.6 Å². The fourth-order valence-corrected chi connectivity index (χ4v) is 2.64. The normalized spacial score (nSPS) is 13.9. The summed E-state index contributed by atoms with van der Waals surface area (Å²) >= 11 is 5.95. The van der Waals surface area contributed by atoms with Crippen molar-refractivity contribution in [3.8, 4) is 0 Å². The molecule has 2 rings (SSSR count). The van der Waals surface area contributed by atoms with Gasteiger partial charge in [0.15, 0.2) is 0 Å². The Labute approximate surface area is 127 Å². The largest absolute Gasteiger partial charge is 0.307 e. The first-order valence-corrected chi connectivity index (χ1v) is 7.62. The summed E-state index contributed by atoms with van der Waals surface area (Å²) in [4.78, 5) is 0. The molecule has 0 radical (unpaired) electrons. The van der Waals surface area contributed by atoms with Crippen molar-refractivity contribution in [1.82, 2.24) is 5.32 Å². The Bertz CT molecular complexity index is 507. The maximum atomic E-state index is 5.95. The molecule has 2 aromatic rings. The molecule has 1 N–H and O–H groups in total. The van der Waals surface area contributed by atoms with Crippen LogP contribution in [0.3, 0.4) is 0 Å². The average molecular weight is 288 g/mol. The molecule has 0 bridgehead atoms. The lowest BCUT2D eigenvalue weighted by atomic mass is 10.0. The van der Waals surface area contributed by atoms with Crippen LogP contribution in [0.1, 0.15) is 37.4 Å². The van der Waals surface area contributed by atoms with Gasteiger partial charge in [-0.1, -0.05) is 61.0 Å². The van der Waals surface area contributed by atoms with E-state index < -0.39 is 0 Å². The molecule has 0 aromatic heterocycles. The zero-order valence-electron chi connectivity index (χ0n) is 12.1. The molecule has 0 heterocycles. The second-order valence-corrected chi connectivity index (χ2v) is 5.71. The molecule has 0 amide bonds. The van der Waals surface area contributed by atoms with Gasteiger partial charge >= 0.3 is 0 Å². The standard InChI is InChI=1S/C18H22ClN/c1-3-18(16-9-11-17(19)12-10-16)20-14(2)13-15-7-5-4-6-8-15/h4-12,14,18,20H,3,13H2,1-2H3. The smallest absolute Gasteiger partial charge is 0.0406 e. The summed E-state index contributed by atoms with van der Waals surface area (Å²) in [7, 11) is 0. The molecule has 2 atom stereocenters. The number of hydrogen-bond acceptors (Lipinski definition) is 1. The Kier molecular flexibility index (Phi) is 5.63. The van der Waals surface area contributed by atoms with Gasteiger partial charge in [0.05, 0.1) is 0 Å². The topological polar surface area (TPSA) is 12.0 Å². The number of hydrogen-bond donors (Lipinski definition) is 1. The molecule has 0 saturated carbocycles. The van der Waals surface area contributed by atoms with Crippen LogP contribution in [0.15, 0.2) is 54.6 Å². The van der Waals surface area contributed by atoms with E-state index in [1.807, 2.05) is 12.1 Å². The van der Waals surface area contributed by atoms with Crippen molar-refractivity contribution in [1.29, 1.82) is 0 Å². The van der Waals surface area contributed by atoms with Crippen LogP contribution < -0.4 is 5.32 Å². The molecule has 0 fully saturated rings. The molecule has 2 heteroatoms. The molecular weight excluding hydrogens is 266 g/mol. The van der Waals surface area contributed by atoms with Crippen molar-refractivity contribution in [3.63, 3.8) is 0 Å². The first kappa shape index (κ1) is 15.1. The van der Waals surface area contributed by atoms with E-state index in [1.165, 1.54) is 11.1 Å². The molecule has 0 aliphatic carbocycles. The summed E-state index contributed by atoms with van der Waals surface area (Å²) in [5, 5.41) is 4.50. The minimum absolute atomic E-state index is 0.381. The number of halogens is 1. The molecule has 2 aromatic carbocycles. The minimum atomic E-state index is 0.381. The van der Waals surface area contributed by atoms with E-state index in [0.29, 0.717) is 12.1 Å². The minimum Gasteiger partial charge on any atom is -0.307 e.